The number of amides is 1. The molecule has 2 aromatic rings. The summed E-state index contributed by atoms with van der Waals surface area (Å²) >= 11 is 0. The molecule has 1 N–H and O–H groups in total. The van der Waals surface area contributed by atoms with E-state index < -0.39 is 0 Å². The smallest absolute Gasteiger partial charge is 0.253 e. The molecule has 0 radical (unpaired) electrons. The van der Waals surface area contributed by atoms with Crippen LogP contribution in [0.25, 0.3) is 10.9 Å². The van der Waals surface area contributed by atoms with Gasteiger partial charge in [0, 0.05) is 36.4 Å². The van der Waals surface area contributed by atoms with Gasteiger partial charge in [0.15, 0.2) is 0 Å². The Morgan fingerprint density at radius 2 is 2.33 bits per heavy atom. The molecule has 0 spiro atoms. The number of aryl methyl sites for hydroxylation is 1. The zero-order valence-corrected chi connectivity index (χ0v) is 10.3. The maximum Gasteiger partial charge on any atom is 0.253 e. The number of hydrogen-bond acceptors (Lipinski definition) is 2. The number of fused-ring (bicyclic) bond motifs is 1. The fraction of sp³-hybridized carbons (Fsp3) is 0.357. The second-order valence-corrected chi connectivity index (χ2v) is 4.69. The van der Waals surface area contributed by atoms with Crippen LogP contribution in [-0.4, -0.2) is 23.2 Å². The predicted octanol–water partition coefficient (Wildman–Crippen LogP) is 2.30. The van der Waals surface area contributed by atoms with Crippen molar-refractivity contribution in [3.05, 3.63) is 30.5 Å². The van der Waals surface area contributed by atoms with Crippen LogP contribution in [0.2, 0.25) is 0 Å². The summed E-state index contributed by atoms with van der Waals surface area (Å²) in [5.74, 6) is -0.0391. The molecule has 4 nitrogen and oxygen atoms in total. The summed E-state index contributed by atoms with van der Waals surface area (Å²) in [6.07, 6.45) is 3.52. The zero-order chi connectivity index (χ0) is 12.5. The lowest BCUT2D eigenvalue weighted by molar-refractivity contribution is -0.124. The minimum atomic E-state index is -0.281. The summed E-state index contributed by atoms with van der Waals surface area (Å²) < 4.78 is 7.42. The number of aromatic nitrogens is 1. The molecule has 94 valence electrons. The molecule has 0 bridgehead atoms. The summed E-state index contributed by atoms with van der Waals surface area (Å²) in [7, 11) is 2.01. The first kappa shape index (κ1) is 11.3. The molecule has 0 saturated carbocycles. The van der Waals surface area contributed by atoms with Crippen LogP contribution in [0.5, 0.6) is 0 Å². The van der Waals surface area contributed by atoms with Gasteiger partial charge < -0.3 is 14.6 Å². The SMILES string of the molecule is Cn1ccc2cc(NC(=O)C3CCCO3)ccc21. The summed E-state index contributed by atoms with van der Waals surface area (Å²) in [4.78, 5) is 11.9. The number of ether oxygens (including phenoxy) is 1. The van der Waals surface area contributed by atoms with Gasteiger partial charge in [-0.25, -0.2) is 0 Å². The second-order valence-electron chi connectivity index (χ2n) is 4.69. The number of carbonyl (C=O) groups is 1. The second kappa shape index (κ2) is 4.46. The van der Waals surface area contributed by atoms with Gasteiger partial charge in [-0.05, 0) is 37.1 Å². The predicted molar refractivity (Wildman–Crippen MR) is 70.5 cm³/mol. The van der Waals surface area contributed by atoms with Gasteiger partial charge in [0.05, 0.1) is 0 Å². The first-order valence-corrected chi connectivity index (χ1v) is 6.21. The minimum absolute atomic E-state index is 0.0391. The van der Waals surface area contributed by atoms with Gasteiger partial charge in [-0.1, -0.05) is 0 Å². The van der Waals surface area contributed by atoms with E-state index in [1.54, 1.807) is 0 Å². The number of nitrogens with zero attached hydrogens (tertiary/aromatic N) is 1. The summed E-state index contributed by atoms with van der Waals surface area (Å²) in [5.41, 5.74) is 1.99. The van der Waals surface area contributed by atoms with Crippen LogP contribution < -0.4 is 5.32 Å². The van der Waals surface area contributed by atoms with Crippen molar-refractivity contribution in [1.82, 2.24) is 4.57 Å². The molecule has 1 unspecified atom stereocenters. The molecule has 3 rings (SSSR count). The molecule has 1 saturated heterocycles. The molecule has 1 atom stereocenters. The van der Waals surface area contributed by atoms with Gasteiger partial charge >= 0.3 is 0 Å². The third-order valence-electron chi connectivity index (χ3n) is 3.37. The first-order chi connectivity index (χ1) is 8.74. The van der Waals surface area contributed by atoms with Gasteiger partial charge in [0.1, 0.15) is 6.10 Å². The molecule has 0 aliphatic carbocycles. The Kier molecular flexibility index (Phi) is 2.80. The Balaban J connectivity index is 1.79. The zero-order valence-electron chi connectivity index (χ0n) is 10.3. The van der Waals surface area contributed by atoms with E-state index in [0.717, 1.165) is 29.4 Å². The van der Waals surface area contributed by atoms with Crippen LogP contribution in [0.15, 0.2) is 30.5 Å². The largest absolute Gasteiger partial charge is 0.368 e. The van der Waals surface area contributed by atoms with Gasteiger partial charge in [0.25, 0.3) is 5.91 Å². The number of nitrogens with one attached hydrogen (secondary N) is 1. The standard InChI is InChI=1S/C14H16N2O2/c1-16-7-6-10-9-11(4-5-12(10)16)15-14(17)13-3-2-8-18-13/h4-7,9,13H,2-3,8H2,1H3,(H,15,17). The normalized spacial score (nSPS) is 19.3. The maximum atomic E-state index is 11.9. The van der Waals surface area contributed by atoms with E-state index in [0.29, 0.717) is 6.61 Å². The van der Waals surface area contributed by atoms with Crippen molar-refractivity contribution in [2.45, 2.75) is 18.9 Å². The summed E-state index contributed by atoms with van der Waals surface area (Å²) in [6, 6.07) is 7.97. The highest BCUT2D eigenvalue weighted by Crippen LogP contribution is 2.21. The van der Waals surface area contributed by atoms with Crippen molar-refractivity contribution in [2.75, 3.05) is 11.9 Å². The molecule has 1 amide bonds. The first-order valence-electron chi connectivity index (χ1n) is 6.21. The Labute approximate surface area is 106 Å². The van der Waals surface area contributed by atoms with Crippen molar-refractivity contribution in [2.24, 2.45) is 7.05 Å². The molecule has 1 aromatic carbocycles. The van der Waals surface area contributed by atoms with E-state index in [2.05, 4.69) is 9.88 Å². The monoisotopic (exact) mass is 244 g/mol. The summed E-state index contributed by atoms with van der Waals surface area (Å²) in [5, 5.41) is 4.04. The molecule has 1 aromatic heterocycles. The van der Waals surface area contributed by atoms with E-state index in [4.69, 9.17) is 4.74 Å². The Morgan fingerprint density at radius 3 is 3.11 bits per heavy atom. The number of hydrogen-bond donors (Lipinski definition) is 1. The molecule has 2 heterocycles. The van der Waals surface area contributed by atoms with E-state index in [-0.39, 0.29) is 12.0 Å². The Morgan fingerprint density at radius 1 is 1.44 bits per heavy atom. The van der Waals surface area contributed by atoms with E-state index in [1.807, 2.05) is 37.5 Å². The minimum Gasteiger partial charge on any atom is -0.368 e. The number of benzene rings is 1. The fourth-order valence-electron chi connectivity index (χ4n) is 2.37. The molecule has 1 aliphatic heterocycles. The van der Waals surface area contributed by atoms with Crippen molar-refractivity contribution in [3.63, 3.8) is 0 Å². The molecular formula is C14H16N2O2. The van der Waals surface area contributed by atoms with E-state index in [9.17, 15) is 4.79 Å². The van der Waals surface area contributed by atoms with Crippen LogP contribution in [0.1, 0.15) is 12.8 Å². The third-order valence-corrected chi connectivity index (χ3v) is 3.37. The molecule has 18 heavy (non-hydrogen) atoms. The highest BCUT2D eigenvalue weighted by atomic mass is 16.5. The fourth-order valence-corrected chi connectivity index (χ4v) is 2.37. The van der Waals surface area contributed by atoms with Gasteiger partial charge in [-0.3, -0.25) is 4.79 Å². The molecule has 1 aliphatic rings. The number of anilines is 1. The van der Waals surface area contributed by atoms with Crippen LogP contribution in [0.4, 0.5) is 5.69 Å². The van der Waals surface area contributed by atoms with Crippen molar-refractivity contribution in [1.29, 1.82) is 0 Å². The van der Waals surface area contributed by atoms with Gasteiger partial charge in [0.2, 0.25) is 0 Å². The highest BCUT2D eigenvalue weighted by Gasteiger charge is 2.23. The van der Waals surface area contributed by atoms with Crippen LogP contribution in [0.3, 0.4) is 0 Å². The topological polar surface area (TPSA) is 43.3 Å². The quantitative estimate of drug-likeness (QED) is 0.880. The molecule has 4 heteroatoms. The lowest BCUT2D eigenvalue weighted by Gasteiger charge is -2.10. The lowest BCUT2D eigenvalue weighted by Crippen LogP contribution is -2.26. The number of carbonyl (C=O) groups excluding carboxylic acids is 1. The third kappa shape index (κ3) is 1.99. The van der Waals surface area contributed by atoms with Crippen LogP contribution in [0, 0.1) is 0 Å². The van der Waals surface area contributed by atoms with Crippen molar-refractivity contribution in [3.8, 4) is 0 Å². The molecule has 1 fully saturated rings. The molecular weight excluding hydrogens is 228 g/mol. The maximum absolute atomic E-state index is 11.9. The average molecular weight is 244 g/mol. The Hall–Kier alpha value is -1.81. The van der Waals surface area contributed by atoms with E-state index in [1.165, 1.54) is 0 Å². The van der Waals surface area contributed by atoms with Crippen LogP contribution >= 0.6 is 0 Å². The van der Waals surface area contributed by atoms with Gasteiger partial charge in [-0.15, -0.1) is 0 Å². The summed E-state index contributed by atoms with van der Waals surface area (Å²) in [6.45, 7) is 0.690. The van der Waals surface area contributed by atoms with Crippen molar-refractivity contribution >= 4 is 22.5 Å². The lowest BCUT2D eigenvalue weighted by atomic mass is 10.2. The Bertz CT molecular complexity index is 582. The van der Waals surface area contributed by atoms with Crippen molar-refractivity contribution < 1.29 is 9.53 Å². The van der Waals surface area contributed by atoms with E-state index >= 15 is 0 Å². The average Bonchev–Trinajstić information content (AvgIpc) is 2.99. The number of rotatable bonds is 2. The van der Waals surface area contributed by atoms with Crippen LogP contribution in [-0.2, 0) is 16.6 Å². The highest BCUT2D eigenvalue weighted by molar-refractivity contribution is 5.96. The van der Waals surface area contributed by atoms with Gasteiger partial charge in [-0.2, -0.15) is 0 Å².